The third-order valence-corrected chi connectivity index (χ3v) is 5.06. The fourth-order valence-electron chi connectivity index (χ4n) is 3.64. The van der Waals surface area contributed by atoms with Gasteiger partial charge in [-0.05, 0) is 60.4 Å². The first kappa shape index (κ1) is 20.6. The second kappa shape index (κ2) is 8.90. The molecule has 6 heteroatoms. The molecular formula is C23H23FO5. The average Bonchev–Trinajstić information content (AvgIpc) is 2.73. The van der Waals surface area contributed by atoms with Crippen LogP contribution in [0, 0.1) is 11.7 Å². The molecule has 0 heterocycles. The van der Waals surface area contributed by atoms with E-state index in [-0.39, 0.29) is 18.2 Å². The number of ketones is 1. The number of halogens is 1. The molecule has 5 nitrogen and oxygen atoms in total. The van der Waals surface area contributed by atoms with Crippen molar-refractivity contribution in [1.82, 2.24) is 0 Å². The first-order valence-corrected chi connectivity index (χ1v) is 9.37. The summed E-state index contributed by atoms with van der Waals surface area (Å²) >= 11 is 0. The minimum atomic E-state index is -0.947. The van der Waals surface area contributed by atoms with Crippen molar-refractivity contribution in [3.05, 3.63) is 65.5 Å². The molecule has 3 rings (SSSR count). The fourth-order valence-corrected chi connectivity index (χ4v) is 3.64. The Labute approximate surface area is 169 Å². The van der Waals surface area contributed by atoms with Gasteiger partial charge in [0.15, 0.2) is 17.3 Å². The van der Waals surface area contributed by atoms with E-state index in [9.17, 15) is 14.0 Å². The maximum absolute atomic E-state index is 13.3. The zero-order chi connectivity index (χ0) is 21.0. The van der Waals surface area contributed by atoms with Gasteiger partial charge in [-0.3, -0.25) is 9.59 Å². The van der Waals surface area contributed by atoms with E-state index >= 15 is 0 Å². The van der Waals surface area contributed by atoms with Gasteiger partial charge in [0.25, 0.3) is 0 Å². The SMILES string of the molecule is CCOC(=O)[C@H]1C(=O)C=C(c2ccc(F)cc2)C[C@H]1c1ccc(OC)c(OC)c1. The lowest BCUT2D eigenvalue weighted by Crippen LogP contribution is -2.34. The van der Waals surface area contributed by atoms with Crippen LogP contribution in [0.15, 0.2) is 48.5 Å². The molecule has 29 heavy (non-hydrogen) atoms. The highest BCUT2D eigenvalue weighted by molar-refractivity contribution is 6.10. The summed E-state index contributed by atoms with van der Waals surface area (Å²) in [6.45, 7) is 1.90. The van der Waals surface area contributed by atoms with Crippen molar-refractivity contribution >= 4 is 17.3 Å². The van der Waals surface area contributed by atoms with Gasteiger partial charge in [-0.1, -0.05) is 18.2 Å². The molecular weight excluding hydrogens is 375 g/mol. The number of carbonyl (C=O) groups excluding carboxylic acids is 2. The molecule has 2 atom stereocenters. The molecule has 0 aliphatic heterocycles. The Morgan fingerprint density at radius 3 is 2.38 bits per heavy atom. The van der Waals surface area contributed by atoms with Gasteiger partial charge < -0.3 is 14.2 Å². The number of esters is 1. The van der Waals surface area contributed by atoms with Crippen molar-refractivity contribution in [2.24, 2.45) is 5.92 Å². The Kier molecular flexibility index (Phi) is 6.32. The summed E-state index contributed by atoms with van der Waals surface area (Å²) in [7, 11) is 3.07. The maximum Gasteiger partial charge on any atom is 0.317 e. The lowest BCUT2D eigenvalue weighted by molar-refractivity contribution is -0.151. The van der Waals surface area contributed by atoms with Crippen LogP contribution in [-0.2, 0) is 14.3 Å². The topological polar surface area (TPSA) is 61.8 Å². The lowest BCUT2D eigenvalue weighted by atomic mass is 9.73. The molecule has 152 valence electrons. The standard InChI is InChI=1S/C23H23FO5/c1-4-29-23(26)22-18(15-7-10-20(27-2)21(13-15)28-3)11-16(12-19(22)25)14-5-8-17(24)9-6-14/h5-10,12-13,18,22H,4,11H2,1-3H3/t18-,22+/m0/s1. The highest BCUT2D eigenvalue weighted by atomic mass is 19.1. The van der Waals surface area contributed by atoms with E-state index in [2.05, 4.69) is 0 Å². The van der Waals surface area contributed by atoms with Crippen LogP contribution in [0.4, 0.5) is 4.39 Å². The van der Waals surface area contributed by atoms with Crippen molar-refractivity contribution in [3.63, 3.8) is 0 Å². The quantitative estimate of drug-likeness (QED) is 0.540. The zero-order valence-electron chi connectivity index (χ0n) is 16.6. The molecule has 0 radical (unpaired) electrons. The van der Waals surface area contributed by atoms with Crippen molar-refractivity contribution in [2.75, 3.05) is 20.8 Å². The number of methoxy groups -OCH3 is 2. The fraction of sp³-hybridized carbons (Fsp3) is 0.304. The highest BCUT2D eigenvalue weighted by Gasteiger charge is 2.40. The third-order valence-electron chi connectivity index (χ3n) is 5.06. The number of benzene rings is 2. The first-order valence-electron chi connectivity index (χ1n) is 9.37. The second-order valence-corrected chi connectivity index (χ2v) is 6.73. The predicted octanol–water partition coefficient (Wildman–Crippen LogP) is 4.16. The van der Waals surface area contributed by atoms with E-state index in [1.54, 1.807) is 38.3 Å². The minimum absolute atomic E-state index is 0.190. The molecule has 0 unspecified atom stereocenters. The molecule has 0 amide bonds. The van der Waals surface area contributed by atoms with E-state index in [0.29, 0.717) is 17.9 Å². The van der Waals surface area contributed by atoms with Gasteiger partial charge in [-0.2, -0.15) is 0 Å². The zero-order valence-corrected chi connectivity index (χ0v) is 16.6. The summed E-state index contributed by atoms with van der Waals surface area (Å²) in [5.41, 5.74) is 2.25. The monoisotopic (exact) mass is 398 g/mol. The first-order chi connectivity index (χ1) is 14.0. The van der Waals surface area contributed by atoms with Crippen LogP contribution in [0.5, 0.6) is 11.5 Å². The number of ether oxygens (including phenoxy) is 3. The summed E-state index contributed by atoms with van der Waals surface area (Å²) in [6, 6.07) is 11.3. The predicted molar refractivity (Wildman–Crippen MR) is 106 cm³/mol. The summed E-state index contributed by atoms with van der Waals surface area (Å²) in [6.07, 6.45) is 1.89. The van der Waals surface area contributed by atoms with E-state index in [0.717, 1.165) is 16.7 Å². The van der Waals surface area contributed by atoms with Crippen LogP contribution >= 0.6 is 0 Å². The number of carbonyl (C=O) groups is 2. The number of hydrogen-bond donors (Lipinski definition) is 0. The molecule has 2 aromatic carbocycles. The van der Waals surface area contributed by atoms with Gasteiger partial charge in [0.05, 0.1) is 20.8 Å². The van der Waals surface area contributed by atoms with E-state index in [4.69, 9.17) is 14.2 Å². The summed E-state index contributed by atoms with van der Waals surface area (Å²) in [5.74, 6) is -1.54. The van der Waals surface area contributed by atoms with Crippen LogP contribution in [0.1, 0.15) is 30.4 Å². The Balaban J connectivity index is 2.05. The van der Waals surface area contributed by atoms with E-state index < -0.39 is 17.8 Å². The molecule has 0 bridgehead atoms. The van der Waals surface area contributed by atoms with E-state index in [1.165, 1.54) is 25.3 Å². The molecule has 0 N–H and O–H groups in total. The smallest absolute Gasteiger partial charge is 0.317 e. The Morgan fingerprint density at radius 1 is 1.07 bits per heavy atom. The number of hydrogen-bond acceptors (Lipinski definition) is 5. The highest BCUT2D eigenvalue weighted by Crippen LogP contribution is 2.42. The molecule has 0 aromatic heterocycles. The molecule has 1 aliphatic rings. The van der Waals surface area contributed by atoms with Gasteiger partial charge >= 0.3 is 5.97 Å². The molecule has 0 fully saturated rings. The maximum atomic E-state index is 13.3. The second-order valence-electron chi connectivity index (χ2n) is 6.73. The van der Waals surface area contributed by atoms with Gasteiger partial charge in [0, 0.05) is 5.92 Å². The van der Waals surface area contributed by atoms with Crippen LogP contribution < -0.4 is 9.47 Å². The van der Waals surface area contributed by atoms with Gasteiger partial charge in [0.1, 0.15) is 11.7 Å². The molecule has 0 spiro atoms. The van der Waals surface area contributed by atoms with Crippen LogP contribution in [-0.4, -0.2) is 32.6 Å². The van der Waals surface area contributed by atoms with Gasteiger partial charge in [0.2, 0.25) is 0 Å². The Morgan fingerprint density at radius 2 is 1.76 bits per heavy atom. The van der Waals surface area contributed by atoms with Gasteiger partial charge in [-0.15, -0.1) is 0 Å². The summed E-state index contributed by atoms with van der Waals surface area (Å²) in [4.78, 5) is 25.5. The largest absolute Gasteiger partial charge is 0.493 e. The third kappa shape index (κ3) is 4.31. The van der Waals surface area contributed by atoms with E-state index in [1.807, 2.05) is 6.07 Å². The molecule has 1 aliphatic carbocycles. The molecule has 2 aromatic rings. The van der Waals surface area contributed by atoms with Crippen LogP contribution in [0.25, 0.3) is 5.57 Å². The van der Waals surface area contributed by atoms with Crippen LogP contribution in [0.3, 0.4) is 0 Å². The molecule has 0 saturated carbocycles. The van der Waals surface area contributed by atoms with Crippen molar-refractivity contribution < 1.29 is 28.2 Å². The van der Waals surface area contributed by atoms with Crippen LogP contribution in [0.2, 0.25) is 0 Å². The van der Waals surface area contributed by atoms with Crippen molar-refractivity contribution in [3.8, 4) is 11.5 Å². The van der Waals surface area contributed by atoms with Gasteiger partial charge in [-0.25, -0.2) is 4.39 Å². The van der Waals surface area contributed by atoms with Crippen molar-refractivity contribution in [2.45, 2.75) is 19.3 Å². The number of rotatable bonds is 6. The molecule has 0 saturated heterocycles. The lowest BCUT2D eigenvalue weighted by Gasteiger charge is -2.30. The summed E-state index contributed by atoms with van der Waals surface area (Å²) < 4.78 is 29.1. The minimum Gasteiger partial charge on any atom is -0.493 e. The Hall–Kier alpha value is -3.15. The summed E-state index contributed by atoms with van der Waals surface area (Å²) in [5, 5.41) is 0. The number of allylic oxidation sites excluding steroid dienone is 2. The normalized spacial score (nSPS) is 18.8. The average molecular weight is 398 g/mol. The Bertz CT molecular complexity index is 933. The van der Waals surface area contributed by atoms with Crippen molar-refractivity contribution in [1.29, 1.82) is 0 Å².